The molecule has 6 aromatic heterocycles. The molecule has 10 heteroatoms. The van der Waals surface area contributed by atoms with Gasteiger partial charge in [-0.1, -0.05) is 297 Å². The van der Waals surface area contributed by atoms with E-state index in [1.165, 1.54) is 0 Å². The molecule has 0 saturated heterocycles. The summed E-state index contributed by atoms with van der Waals surface area (Å²) in [6, 6.07) is 127. The monoisotopic (exact) mass is 1480 g/mol. The molecule has 0 fully saturated rings. The van der Waals surface area contributed by atoms with Gasteiger partial charge in [0.1, 0.15) is 44.7 Å². The van der Waals surface area contributed by atoms with Gasteiger partial charge in [0.25, 0.3) is 0 Å². The van der Waals surface area contributed by atoms with E-state index in [0.717, 1.165) is 209 Å². The lowest BCUT2D eigenvalue weighted by Gasteiger charge is -2.13. The molecule has 116 heavy (non-hydrogen) atoms. The van der Waals surface area contributed by atoms with Gasteiger partial charge in [0.05, 0.1) is 11.1 Å². The number of nitrogens with zero attached hydrogens (tertiary/aromatic N) is 6. The minimum atomic E-state index is 0.500. The molecule has 0 bridgehead atoms. The van der Waals surface area contributed by atoms with Crippen molar-refractivity contribution >= 4 is 131 Å². The molecule has 24 rings (SSSR count). The molecule has 0 saturated carbocycles. The highest BCUT2D eigenvalue weighted by atomic mass is 16.3. The molecule has 0 radical (unpaired) electrons. The Morgan fingerprint density at radius 2 is 0.509 bits per heavy atom. The largest absolute Gasteiger partial charge is 0.456 e. The molecule has 0 aliphatic heterocycles. The van der Waals surface area contributed by atoms with Crippen LogP contribution in [0.4, 0.5) is 0 Å². The second kappa shape index (κ2) is 25.9. The average molecular weight is 1480 g/mol. The van der Waals surface area contributed by atoms with Crippen molar-refractivity contribution in [3.05, 3.63) is 364 Å². The van der Waals surface area contributed by atoms with Gasteiger partial charge in [0.2, 0.25) is 0 Å². The summed E-state index contributed by atoms with van der Waals surface area (Å²) in [5, 5.41) is 17.1. The van der Waals surface area contributed by atoms with E-state index in [1.54, 1.807) is 0 Å². The SMILES string of the molecule is c1ccc(-c2nc(-c3ccc(-c4ccc5ccc(-c6cccc7oc8ccccc8c67)cc5c4)cc3)nc(-c3cc4ccccc4c4c3oc3c(-c5cc(-c6ccc(-c7nc(-c8ccc(-c9cccc%10oc%11ccccc%11c9%10)cc8)nc(-c8cc9ccccc9c9c8oc8ccccc89)n7)cc6)c6ccccc6c5)cccc34)n2)cc1. The minimum absolute atomic E-state index is 0.500. The number of rotatable bonds is 11. The molecule has 10 nitrogen and oxygen atoms in total. The molecule has 18 aromatic carbocycles. The molecule has 538 valence electrons. The summed E-state index contributed by atoms with van der Waals surface area (Å²) in [6.45, 7) is 0. The Morgan fingerprint density at radius 3 is 1.08 bits per heavy atom. The first kappa shape index (κ1) is 65.0. The zero-order chi connectivity index (χ0) is 76.1. The Morgan fingerprint density at radius 1 is 0.147 bits per heavy atom. The molecule has 0 aliphatic carbocycles. The van der Waals surface area contributed by atoms with Crippen LogP contribution in [-0.4, -0.2) is 29.9 Å². The van der Waals surface area contributed by atoms with Gasteiger partial charge in [-0.3, -0.25) is 0 Å². The number of benzene rings is 18. The lowest BCUT2D eigenvalue weighted by atomic mass is 9.92. The van der Waals surface area contributed by atoms with Crippen molar-refractivity contribution in [1.29, 1.82) is 0 Å². The van der Waals surface area contributed by atoms with Gasteiger partial charge in [-0.25, -0.2) is 29.9 Å². The molecule has 0 N–H and O–H groups in total. The highest BCUT2D eigenvalue weighted by molar-refractivity contribution is 6.25. The number of fused-ring (bicyclic) bond motifs is 18. The van der Waals surface area contributed by atoms with Gasteiger partial charge < -0.3 is 17.7 Å². The van der Waals surface area contributed by atoms with Crippen LogP contribution in [0.2, 0.25) is 0 Å². The van der Waals surface area contributed by atoms with Crippen LogP contribution in [0.1, 0.15) is 0 Å². The Balaban J connectivity index is 0.606. The average Bonchev–Trinajstić information content (AvgIpc) is 1.61. The number of furan rings is 4. The fourth-order valence-corrected chi connectivity index (χ4v) is 17.6. The van der Waals surface area contributed by atoms with Crippen molar-refractivity contribution in [1.82, 2.24) is 29.9 Å². The van der Waals surface area contributed by atoms with Crippen LogP contribution in [0.3, 0.4) is 0 Å². The predicted octanol–water partition coefficient (Wildman–Crippen LogP) is 28.6. The maximum absolute atomic E-state index is 7.47. The third-order valence-corrected chi connectivity index (χ3v) is 23.2. The summed E-state index contributed by atoms with van der Waals surface area (Å²) < 4.78 is 26.9. The first-order valence-corrected chi connectivity index (χ1v) is 38.9. The Labute approximate surface area is 662 Å². The van der Waals surface area contributed by atoms with Crippen molar-refractivity contribution in [2.45, 2.75) is 0 Å². The van der Waals surface area contributed by atoms with Gasteiger partial charge >= 0.3 is 0 Å². The van der Waals surface area contributed by atoms with Crippen molar-refractivity contribution in [2.75, 3.05) is 0 Å². The van der Waals surface area contributed by atoms with E-state index in [-0.39, 0.29) is 0 Å². The standard InChI is InChI=1S/C106H60N6O4/c1-2-19-65(20-3-1)101-107-102(66-47-39-61(40-48-66)69-53-41-62-42-54-73(56-74(62)55-69)78-31-18-38-93-95(78)83-28-11-14-35-90(83)114-93)112-106(109-101)88-59-72-23-6-9-26-80(72)97-85-33-16-32-81(98(85)116-100(88)97)75-57-70-21-4-7-24-76(70)86(60-75)64-45-51-68(52-46-64)104-108-103(67-49-43-63(44-50-67)77-30-17-37-92-94(77)82-27-10-13-34-89(82)113-92)110-105(111-104)87-58-71-22-5-8-25-79(71)96-84-29-12-15-36-91(84)115-99(87)96/h1-60H. The quantitative estimate of drug-likeness (QED) is 0.123. The molecule has 6 heterocycles. The van der Waals surface area contributed by atoms with Crippen molar-refractivity contribution < 1.29 is 17.7 Å². The Bertz CT molecular complexity index is 8200. The van der Waals surface area contributed by atoms with E-state index in [0.29, 0.717) is 46.1 Å². The molecule has 24 aromatic rings. The number of aromatic nitrogens is 6. The van der Waals surface area contributed by atoms with Gasteiger partial charge in [0.15, 0.2) is 34.9 Å². The molecule has 0 amide bonds. The molecular formula is C106H60N6O4. The maximum Gasteiger partial charge on any atom is 0.167 e. The van der Waals surface area contributed by atoms with Gasteiger partial charge in [-0.05, 0) is 160 Å². The second-order valence-corrected chi connectivity index (χ2v) is 29.9. The van der Waals surface area contributed by atoms with Crippen LogP contribution in [0, 0.1) is 0 Å². The first-order valence-electron chi connectivity index (χ1n) is 38.9. The molecular weight excluding hydrogens is 1420 g/mol. The smallest absolute Gasteiger partial charge is 0.167 e. The minimum Gasteiger partial charge on any atom is -0.456 e. The number of hydrogen-bond donors (Lipinski definition) is 0. The van der Waals surface area contributed by atoms with E-state index >= 15 is 0 Å². The summed E-state index contributed by atoms with van der Waals surface area (Å²) in [6.07, 6.45) is 0. The van der Waals surface area contributed by atoms with Crippen molar-refractivity contribution in [2.24, 2.45) is 0 Å². The van der Waals surface area contributed by atoms with Crippen molar-refractivity contribution in [3.8, 4) is 124 Å². The molecule has 0 atom stereocenters. The zero-order valence-corrected chi connectivity index (χ0v) is 62.0. The van der Waals surface area contributed by atoms with E-state index in [2.05, 4.69) is 285 Å². The van der Waals surface area contributed by atoms with Crippen LogP contribution >= 0.6 is 0 Å². The van der Waals surface area contributed by atoms with Crippen LogP contribution in [0.5, 0.6) is 0 Å². The first-order chi connectivity index (χ1) is 57.4. The normalized spacial score (nSPS) is 12.0. The van der Waals surface area contributed by atoms with Gasteiger partial charge in [0, 0.05) is 70.9 Å². The lowest BCUT2D eigenvalue weighted by molar-refractivity contribution is 0.668. The zero-order valence-electron chi connectivity index (χ0n) is 62.0. The van der Waals surface area contributed by atoms with E-state index < -0.39 is 0 Å². The van der Waals surface area contributed by atoms with Crippen LogP contribution in [-0.2, 0) is 0 Å². The number of para-hydroxylation sites is 4. The fraction of sp³-hybridized carbons (Fsp3) is 0. The molecule has 0 unspecified atom stereocenters. The third kappa shape index (κ3) is 10.6. The predicted molar refractivity (Wildman–Crippen MR) is 472 cm³/mol. The van der Waals surface area contributed by atoms with Crippen molar-refractivity contribution in [3.63, 3.8) is 0 Å². The highest BCUT2D eigenvalue weighted by Gasteiger charge is 2.26. The summed E-state index contributed by atoms with van der Waals surface area (Å²) in [7, 11) is 0. The summed E-state index contributed by atoms with van der Waals surface area (Å²) in [5.41, 5.74) is 22.0. The van der Waals surface area contributed by atoms with E-state index in [9.17, 15) is 0 Å². The third-order valence-electron chi connectivity index (χ3n) is 23.2. The Hall–Kier alpha value is -15.8. The molecule has 0 aliphatic rings. The maximum atomic E-state index is 7.47. The van der Waals surface area contributed by atoms with Crippen LogP contribution in [0.25, 0.3) is 255 Å². The Kier molecular flexibility index (Phi) is 14.5. The van der Waals surface area contributed by atoms with Gasteiger partial charge in [-0.2, -0.15) is 0 Å². The fourth-order valence-electron chi connectivity index (χ4n) is 17.6. The summed E-state index contributed by atoms with van der Waals surface area (Å²) >= 11 is 0. The summed E-state index contributed by atoms with van der Waals surface area (Å²) in [4.78, 5) is 32.1. The van der Waals surface area contributed by atoms with E-state index in [1.807, 2.05) is 78.9 Å². The van der Waals surface area contributed by atoms with Crippen LogP contribution < -0.4 is 0 Å². The second-order valence-electron chi connectivity index (χ2n) is 29.9. The summed E-state index contributed by atoms with van der Waals surface area (Å²) in [5.74, 6) is 3.16. The van der Waals surface area contributed by atoms with Crippen LogP contribution in [0.15, 0.2) is 382 Å². The number of hydrogen-bond acceptors (Lipinski definition) is 10. The molecule has 0 spiro atoms. The topological polar surface area (TPSA) is 130 Å². The van der Waals surface area contributed by atoms with Gasteiger partial charge in [-0.15, -0.1) is 0 Å². The lowest BCUT2D eigenvalue weighted by Crippen LogP contribution is -2.00. The van der Waals surface area contributed by atoms with E-state index in [4.69, 9.17) is 47.6 Å². The highest BCUT2D eigenvalue weighted by Crippen LogP contribution is 2.48.